The Labute approximate surface area is 124 Å². The summed E-state index contributed by atoms with van der Waals surface area (Å²) in [5, 5.41) is 0. The Morgan fingerprint density at radius 3 is 2.67 bits per heavy atom. The van der Waals surface area contributed by atoms with E-state index < -0.39 is 17.5 Å². The summed E-state index contributed by atoms with van der Waals surface area (Å²) >= 11 is 0. The SMILES string of the molecule is COC(=O)C12CCCCC=C1C(C(=O)OC(C)C)=C(C)O2. The first kappa shape index (κ1) is 15.6. The number of ether oxygens (including phenoxy) is 3. The molecule has 0 N–H and O–H groups in total. The summed E-state index contributed by atoms with van der Waals surface area (Å²) in [4.78, 5) is 24.6. The highest BCUT2D eigenvalue weighted by molar-refractivity contribution is 6.00. The van der Waals surface area contributed by atoms with Crippen molar-refractivity contribution in [2.75, 3.05) is 7.11 Å². The quantitative estimate of drug-likeness (QED) is 0.749. The van der Waals surface area contributed by atoms with Crippen LogP contribution < -0.4 is 0 Å². The van der Waals surface area contributed by atoms with Gasteiger partial charge < -0.3 is 14.2 Å². The van der Waals surface area contributed by atoms with Crippen LogP contribution in [0.1, 0.15) is 46.5 Å². The van der Waals surface area contributed by atoms with Crippen LogP contribution in [0.3, 0.4) is 0 Å². The van der Waals surface area contributed by atoms with Gasteiger partial charge in [-0.2, -0.15) is 0 Å². The van der Waals surface area contributed by atoms with E-state index in [4.69, 9.17) is 14.2 Å². The van der Waals surface area contributed by atoms with Crippen LogP contribution in [-0.2, 0) is 23.8 Å². The number of esters is 2. The van der Waals surface area contributed by atoms with Gasteiger partial charge in [0, 0.05) is 12.0 Å². The topological polar surface area (TPSA) is 61.8 Å². The molecule has 0 fully saturated rings. The van der Waals surface area contributed by atoms with Crippen LogP contribution in [0.15, 0.2) is 23.0 Å². The van der Waals surface area contributed by atoms with Crippen molar-refractivity contribution in [1.29, 1.82) is 0 Å². The zero-order chi connectivity index (χ0) is 15.6. The smallest absolute Gasteiger partial charge is 0.355 e. The van der Waals surface area contributed by atoms with Gasteiger partial charge in [0.05, 0.1) is 13.2 Å². The van der Waals surface area contributed by atoms with Crippen LogP contribution >= 0.6 is 0 Å². The van der Waals surface area contributed by atoms with Gasteiger partial charge in [0.15, 0.2) is 0 Å². The predicted molar refractivity (Wildman–Crippen MR) is 76.3 cm³/mol. The molecule has 0 aromatic carbocycles. The van der Waals surface area contributed by atoms with Gasteiger partial charge in [0.1, 0.15) is 11.3 Å². The Bertz CT molecular complexity index is 515. The molecule has 0 aromatic rings. The third-order valence-electron chi connectivity index (χ3n) is 3.78. The molecule has 1 aliphatic heterocycles. The lowest BCUT2D eigenvalue weighted by Gasteiger charge is -2.27. The van der Waals surface area contributed by atoms with Gasteiger partial charge >= 0.3 is 11.9 Å². The summed E-state index contributed by atoms with van der Waals surface area (Å²) < 4.78 is 16.0. The van der Waals surface area contributed by atoms with E-state index in [2.05, 4.69) is 0 Å². The van der Waals surface area contributed by atoms with Gasteiger partial charge in [0.25, 0.3) is 0 Å². The highest BCUT2D eigenvalue weighted by Gasteiger charge is 2.53. The fourth-order valence-electron chi connectivity index (χ4n) is 2.92. The van der Waals surface area contributed by atoms with Crippen LogP contribution in [-0.4, -0.2) is 30.8 Å². The van der Waals surface area contributed by atoms with Crippen molar-refractivity contribution in [1.82, 2.24) is 0 Å². The van der Waals surface area contributed by atoms with Crippen molar-refractivity contribution < 1.29 is 23.8 Å². The summed E-state index contributed by atoms with van der Waals surface area (Å²) in [7, 11) is 1.34. The van der Waals surface area contributed by atoms with E-state index in [1.807, 2.05) is 6.08 Å². The molecule has 0 saturated heterocycles. The summed E-state index contributed by atoms with van der Waals surface area (Å²) in [6.45, 7) is 5.27. The number of hydrogen-bond acceptors (Lipinski definition) is 5. The lowest BCUT2D eigenvalue weighted by atomic mass is 9.87. The van der Waals surface area contributed by atoms with Crippen LogP contribution in [0, 0.1) is 0 Å². The Kier molecular flexibility index (Phi) is 4.40. The van der Waals surface area contributed by atoms with Crippen LogP contribution in [0.5, 0.6) is 0 Å². The molecule has 1 aliphatic carbocycles. The van der Waals surface area contributed by atoms with E-state index in [0.29, 0.717) is 23.3 Å². The van der Waals surface area contributed by atoms with Crippen molar-refractivity contribution in [3.05, 3.63) is 23.0 Å². The van der Waals surface area contributed by atoms with Gasteiger partial charge in [-0.25, -0.2) is 9.59 Å². The minimum Gasteiger partial charge on any atom is -0.474 e. The molecule has 116 valence electrons. The fourth-order valence-corrected chi connectivity index (χ4v) is 2.92. The molecule has 0 saturated carbocycles. The van der Waals surface area contributed by atoms with Crippen molar-refractivity contribution >= 4 is 11.9 Å². The molecular weight excluding hydrogens is 272 g/mol. The van der Waals surface area contributed by atoms with Gasteiger partial charge in [0.2, 0.25) is 5.60 Å². The van der Waals surface area contributed by atoms with E-state index >= 15 is 0 Å². The number of carbonyl (C=O) groups is 2. The van der Waals surface area contributed by atoms with Crippen LogP contribution in [0.4, 0.5) is 0 Å². The lowest BCUT2D eigenvalue weighted by Crippen LogP contribution is -2.41. The largest absolute Gasteiger partial charge is 0.474 e. The number of hydrogen-bond donors (Lipinski definition) is 0. The maximum atomic E-state index is 12.3. The van der Waals surface area contributed by atoms with Gasteiger partial charge in [-0.1, -0.05) is 6.08 Å². The summed E-state index contributed by atoms with van der Waals surface area (Å²) in [6, 6.07) is 0. The number of allylic oxidation sites excluding steroid dienone is 2. The highest BCUT2D eigenvalue weighted by atomic mass is 16.6. The molecule has 5 nitrogen and oxygen atoms in total. The zero-order valence-electron chi connectivity index (χ0n) is 13.0. The molecule has 2 rings (SSSR count). The minimum atomic E-state index is -1.18. The Hall–Kier alpha value is -1.78. The van der Waals surface area contributed by atoms with E-state index in [-0.39, 0.29) is 6.10 Å². The summed E-state index contributed by atoms with van der Waals surface area (Å²) in [5.74, 6) is -0.469. The molecule has 0 radical (unpaired) electrons. The molecule has 1 unspecified atom stereocenters. The van der Waals surface area contributed by atoms with E-state index in [1.54, 1.807) is 20.8 Å². The fraction of sp³-hybridized carbons (Fsp3) is 0.625. The first-order valence-electron chi connectivity index (χ1n) is 7.32. The maximum absolute atomic E-state index is 12.3. The second-order valence-electron chi connectivity index (χ2n) is 5.67. The molecule has 0 bridgehead atoms. The molecule has 5 heteroatoms. The Morgan fingerprint density at radius 2 is 2.05 bits per heavy atom. The molecular formula is C16H22O5. The van der Waals surface area contributed by atoms with Gasteiger partial charge in [-0.3, -0.25) is 0 Å². The summed E-state index contributed by atoms with van der Waals surface area (Å²) in [6.07, 6.45) is 4.81. The molecule has 0 spiro atoms. The van der Waals surface area contributed by atoms with Crippen molar-refractivity contribution in [3.63, 3.8) is 0 Å². The first-order chi connectivity index (χ1) is 9.92. The summed E-state index contributed by atoms with van der Waals surface area (Å²) in [5.41, 5.74) is -0.202. The minimum absolute atomic E-state index is 0.225. The second kappa shape index (κ2) is 5.92. The van der Waals surface area contributed by atoms with Crippen molar-refractivity contribution in [2.45, 2.75) is 58.2 Å². The highest BCUT2D eigenvalue weighted by Crippen LogP contribution is 2.45. The van der Waals surface area contributed by atoms with Crippen LogP contribution in [0.2, 0.25) is 0 Å². The molecule has 1 heterocycles. The maximum Gasteiger partial charge on any atom is 0.355 e. The third kappa shape index (κ3) is 2.69. The van der Waals surface area contributed by atoms with E-state index in [1.165, 1.54) is 7.11 Å². The monoisotopic (exact) mass is 294 g/mol. The van der Waals surface area contributed by atoms with E-state index in [9.17, 15) is 9.59 Å². The molecule has 21 heavy (non-hydrogen) atoms. The third-order valence-corrected chi connectivity index (χ3v) is 3.78. The lowest BCUT2D eigenvalue weighted by molar-refractivity contribution is -0.159. The number of methoxy groups -OCH3 is 1. The second-order valence-corrected chi connectivity index (χ2v) is 5.67. The number of carbonyl (C=O) groups excluding carboxylic acids is 2. The zero-order valence-corrected chi connectivity index (χ0v) is 13.0. The Balaban J connectivity index is 2.43. The molecule has 1 atom stereocenters. The average molecular weight is 294 g/mol. The predicted octanol–water partition coefficient (Wildman–Crippen LogP) is 2.65. The van der Waals surface area contributed by atoms with Crippen molar-refractivity contribution in [3.8, 4) is 0 Å². The average Bonchev–Trinajstić information content (AvgIpc) is 2.56. The molecule has 0 amide bonds. The van der Waals surface area contributed by atoms with Gasteiger partial charge in [-0.05, 0) is 40.0 Å². The standard InChI is InChI=1S/C16H22O5/c1-10(2)20-14(17)13-11(3)21-16(15(18)19-4)9-7-5-6-8-12(13)16/h8,10H,5-7,9H2,1-4H3. The Morgan fingerprint density at radius 1 is 1.33 bits per heavy atom. The van der Waals surface area contributed by atoms with Crippen LogP contribution in [0.25, 0.3) is 0 Å². The van der Waals surface area contributed by atoms with Crippen molar-refractivity contribution in [2.24, 2.45) is 0 Å². The number of fused-ring (bicyclic) bond motifs is 1. The van der Waals surface area contributed by atoms with Gasteiger partial charge in [-0.15, -0.1) is 0 Å². The molecule has 2 aliphatic rings. The normalized spacial score (nSPS) is 24.9. The first-order valence-corrected chi connectivity index (χ1v) is 7.32. The molecule has 0 aromatic heterocycles. The number of rotatable bonds is 3. The van der Waals surface area contributed by atoms with E-state index in [0.717, 1.165) is 19.3 Å².